The maximum absolute atomic E-state index is 3.11. The zero-order chi connectivity index (χ0) is 11.6. The van der Waals surface area contributed by atoms with E-state index in [-0.39, 0.29) is 37.7 Å². The first kappa shape index (κ1) is 20.5. The first-order chi connectivity index (χ1) is 7.88. The van der Waals surface area contributed by atoms with Crippen molar-refractivity contribution in [3.8, 4) is 0 Å². The standard InChI is InChI=1S/C16H22.2Li/c1-3-5-8-12-15(11-6-4-2)16-13-9-7-10-14-16;;/h7,12-14H,3-6,8,11H2,1-2H3;;/q-2;2*+1/b15-12+;;. The van der Waals surface area contributed by atoms with Crippen molar-refractivity contribution in [2.75, 3.05) is 0 Å². The molecule has 0 unspecified atom stereocenters. The third-order valence-electron chi connectivity index (χ3n) is 2.76. The van der Waals surface area contributed by atoms with Crippen molar-refractivity contribution >= 4 is 5.57 Å². The maximum Gasteiger partial charge on any atom is 1.00 e. The van der Waals surface area contributed by atoms with Gasteiger partial charge in [0.2, 0.25) is 0 Å². The second-order valence-corrected chi connectivity index (χ2v) is 4.20. The minimum atomic E-state index is 0. The van der Waals surface area contributed by atoms with E-state index in [1.165, 1.54) is 49.7 Å². The van der Waals surface area contributed by atoms with Crippen molar-refractivity contribution in [3.05, 3.63) is 42.0 Å². The van der Waals surface area contributed by atoms with Crippen LogP contribution in [-0.4, -0.2) is 0 Å². The number of hydrogen-bond acceptors (Lipinski definition) is 0. The van der Waals surface area contributed by atoms with Crippen LogP contribution in [0.4, 0.5) is 0 Å². The van der Waals surface area contributed by atoms with Crippen molar-refractivity contribution in [1.29, 1.82) is 0 Å². The molecular weight excluding hydrogens is 206 g/mol. The van der Waals surface area contributed by atoms with Gasteiger partial charge in [-0.1, -0.05) is 39.5 Å². The van der Waals surface area contributed by atoms with Gasteiger partial charge in [-0.15, -0.1) is 6.08 Å². The fourth-order valence-corrected chi connectivity index (χ4v) is 1.75. The average Bonchev–Trinajstić information content (AvgIpc) is 2.35. The molecule has 0 aliphatic heterocycles. The molecule has 1 aromatic carbocycles. The molecule has 0 heterocycles. The number of unbranched alkanes of at least 4 members (excludes halogenated alkanes) is 3. The smallest absolute Gasteiger partial charge is 0.358 e. The van der Waals surface area contributed by atoms with Crippen LogP contribution in [0.1, 0.15) is 57.9 Å². The van der Waals surface area contributed by atoms with Crippen LogP contribution in [-0.2, 0) is 0 Å². The quantitative estimate of drug-likeness (QED) is 0.321. The minimum Gasteiger partial charge on any atom is -0.358 e. The van der Waals surface area contributed by atoms with Crippen molar-refractivity contribution in [2.45, 2.75) is 52.4 Å². The first-order valence-electron chi connectivity index (χ1n) is 6.45. The molecule has 0 aliphatic carbocycles. The van der Waals surface area contributed by atoms with Gasteiger partial charge in [-0.3, -0.25) is 17.7 Å². The SMILES string of the molecule is CCCC/C=C(\CCCC)c1c[c-]c[c-]c1.[Li+].[Li+]. The summed E-state index contributed by atoms with van der Waals surface area (Å²) in [6.45, 7) is 4.48. The molecule has 0 nitrogen and oxygen atoms in total. The van der Waals surface area contributed by atoms with E-state index in [0.29, 0.717) is 0 Å². The summed E-state index contributed by atoms with van der Waals surface area (Å²) in [6, 6.07) is 12.2. The molecule has 0 radical (unpaired) electrons. The Hall–Kier alpha value is 0.155. The van der Waals surface area contributed by atoms with E-state index in [4.69, 9.17) is 0 Å². The molecule has 2 heteroatoms. The molecule has 0 fully saturated rings. The summed E-state index contributed by atoms with van der Waals surface area (Å²) in [5.41, 5.74) is 2.77. The Morgan fingerprint density at radius 3 is 2.22 bits per heavy atom. The van der Waals surface area contributed by atoms with Crippen molar-refractivity contribution in [1.82, 2.24) is 0 Å². The van der Waals surface area contributed by atoms with E-state index in [9.17, 15) is 0 Å². The van der Waals surface area contributed by atoms with Gasteiger partial charge < -0.3 is 18.2 Å². The molecule has 0 saturated heterocycles. The molecule has 0 aliphatic rings. The van der Waals surface area contributed by atoms with Crippen molar-refractivity contribution in [3.63, 3.8) is 0 Å². The zero-order valence-corrected chi connectivity index (χ0v) is 12.6. The monoisotopic (exact) mass is 228 g/mol. The van der Waals surface area contributed by atoms with E-state index >= 15 is 0 Å². The Kier molecular flexibility index (Phi) is 15.4. The predicted molar refractivity (Wildman–Crippen MR) is 71.1 cm³/mol. The van der Waals surface area contributed by atoms with Gasteiger partial charge in [0.1, 0.15) is 0 Å². The van der Waals surface area contributed by atoms with Crippen LogP contribution < -0.4 is 37.7 Å². The van der Waals surface area contributed by atoms with Crippen LogP contribution in [0.2, 0.25) is 0 Å². The van der Waals surface area contributed by atoms with Crippen LogP contribution >= 0.6 is 0 Å². The molecule has 1 aromatic rings. The van der Waals surface area contributed by atoms with Gasteiger partial charge in [-0.25, -0.2) is 0 Å². The average molecular weight is 228 g/mol. The maximum atomic E-state index is 3.11. The molecule has 1 rings (SSSR count). The summed E-state index contributed by atoms with van der Waals surface area (Å²) in [5, 5.41) is 0. The van der Waals surface area contributed by atoms with Crippen LogP contribution in [0.3, 0.4) is 0 Å². The van der Waals surface area contributed by atoms with Crippen molar-refractivity contribution in [2.24, 2.45) is 0 Å². The Labute approximate surface area is 137 Å². The van der Waals surface area contributed by atoms with Crippen LogP contribution in [0.25, 0.3) is 5.57 Å². The van der Waals surface area contributed by atoms with Gasteiger partial charge in [-0.2, -0.15) is 5.57 Å². The number of allylic oxidation sites excluding steroid dienone is 2. The number of benzene rings is 1. The third kappa shape index (κ3) is 8.29. The summed E-state index contributed by atoms with van der Waals surface area (Å²) in [4.78, 5) is 0. The van der Waals surface area contributed by atoms with Crippen LogP contribution in [0.5, 0.6) is 0 Å². The fraction of sp³-hybridized carbons (Fsp3) is 0.500. The third-order valence-corrected chi connectivity index (χ3v) is 2.76. The fourth-order valence-electron chi connectivity index (χ4n) is 1.75. The van der Waals surface area contributed by atoms with Gasteiger partial charge in [0.05, 0.1) is 0 Å². The van der Waals surface area contributed by atoms with Gasteiger partial charge in [-0.05, 0) is 12.8 Å². The Bertz CT molecular complexity index is 304. The van der Waals surface area contributed by atoms with Gasteiger partial charge in [0.15, 0.2) is 0 Å². The van der Waals surface area contributed by atoms with Crippen molar-refractivity contribution < 1.29 is 37.7 Å². The topological polar surface area (TPSA) is 0 Å². The van der Waals surface area contributed by atoms with Crippen LogP contribution in [0, 0.1) is 12.1 Å². The van der Waals surface area contributed by atoms with Gasteiger partial charge in [0, 0.05) is 0 Å². The van der Waals surface area contributed by atoms with Crippen LogP contribution in [0.15, 0.2) is 24.3 Å². The molecule has 0 aromatic heterocycles. The summed E-state index contributed by atoms with van der Waals surface area (Å²) in [7, 11) is 0. The minimum absolute atomic E-state index is 0. The summed E-state index contributed by atoms with van der Waals surface area (Å²) in [5.74, 6) is 0. The second kappa shape index (κ2) is 13.6. The largest absolute Gasteiger partial charge is 1.00 e. The molecular formula is C16H22Li2. The molecule has 0 spiro atoms. The van der Waals surface area contributed by atoms with E-state index in [2.05, 4.69) is 44.2 Å². The van der Waals surface area contributed by atoms with E-state index in [1.807, 2.05) is 6.07 Å². The van der Waals surface area contributed by atoms with E-state index in [0.717, 1.165) is 0 Å². The van der Waals surface area contributed by atoms with Gasteiger partial charge in [0.25, 0.3) is 0 Å². The zero-order valence-electron chi connectivity index (χ0n) is 12.6. The normalized spacial score (nSPS) is 10.4. The molecule has 0 amide bonds. The molecule has 0 saturated carbocycles. The summed E-state index contributed by atoms with van der Waals surface area (Å²) in [6.07, 6.45) is 9.87. The number of rotatable bonds is 7. The van der Waals surface area contributed by atoms with Gasteiger partial charge >= 0.3 is 37.7 Å². The Morgan fingerprint density at radius 1 is 1.06 bits per heavy atom. The van der Waals surface area contributed by atoms with E-state index < -0.39 is 0 Å². The summed E-state index contributed by atoms with van der Waals surface area (Å²) < 4.78 is 0. The van der Waals surface area contributed by atoms with E-state index in [1.54, 1.807) is 0 Å². The predicted octanol–water partition coefficient (Wildman–Crippen LogP) is -0.941. The second-order valence-electron chi connectivity index (χ2n) is 4.20. The molecule has 0 N–H and O–H groups in total. The molecule has 88 valence electrons. The summed E-state index contributed by atoms with van der Waals surface area (Å²) >= 11 is 0. The first-order valence-corrected chi connectivity index (χ1v) is 6.45. The Balaban J connectivity index is 0. The molecule has 0 bridgehead atoms. The molecule has 18 heavy (non-hydrogen) atoms. The number of hydrogen-bond donors (Lipinski definition) is 0. The Morgan fingerprint density at radius 2 is 1.67 bits per heavy atom. The molecule has 0 atom stereocenters.